The summed E-state index contributed by atoms with van der Waals surface area (Å²) in [4.78, 5) is 0. The molecule has 1 aliphatic heterocycles. The highest BCUT2D eigenvalue weighted by Gasteiger charge is 2.21. The number of methoxy groups -OCH3 is 1. The van der Waals surface area contributed by atoms with Crippen LogP contribution in [0.2, 0.25) is 0 Å². The molecule has 1 aliphatic rings. The van der Waals surface area contributed by atoms with Gasteiger partial charge in [-0.15, -0.1) is 0 Å². The van der Waals surface area contributed by atoms with E-state index in [4.69, 9.17) is 19.9 Å². The van der Waals surface area contributed by atoms with Gasteiger partial charge in [-0.25, -0.2) is 0 Å². The smallest absolute Gasteiger partial charge is 0.204 e. The summed E-state index contributed by atoms with van der Waals surface area (Å²) in [5, 5.41) is 6.76. The van der Waals surface area contributed by atoms with Gasteiger partial charge in [0.2, 0.25) is 5.75 Å². The second kappa shape index (κ2) is 4.14. The minimum Gasteiger partial charge on any atom is -0.492 e. The number of aromatic nitrogens is 2. The van der Waals surface area contributed by atoms with Crippen molar-refractivity contribution in [3.05, 3.63) is 18.2 Å². The highest BCUT2D eigenvalue weighted by molar-refractivity contribution is 5.75. The number of rotatable bonds is 2. The van der Waals surface area contributed by atoms with E-state index in [1.807, 2.05) is 12.1 Å². The summed E-state index contributed by atoms with van der Waals surface area (Å²) in [6.07, 6.45) is 0. The Balaban J connectivity index is 2.15. The van der Waals surface area contributed by atoms with Crippen molar-refractivity contribution in [3.8, 4) is 28.5 Å². The van der Waals surface area contributed by atoms with Gasteiger partial charge in [-0.2, -0.15) is 5.10 Å². The second-order valence-corrected chi connectivity index (χ2v) is 3.88. The van der Waals surface area contributed by atoms with Gasteiger partial charge < -0.3 is 19.9 Å². The van der Waals surface area contributed by atoms with E-state index in [-0.39, 0.29) is 0 Å². The lowest BCUT2D eigenvalue weighted by atomic mass is 10.1. The lowest BCUT2D eigenvalue weighted by Crippen LogP contribution is -2.16. The molecule has 3 rings (SSSR count). The maximum Gasteiger partial charge on any atom is 0.204 e. The molecule has 1 aromatic heterocycles. The molecule has 1 aromatic carbocycles. The van der Waals surface area contributed by atoms with E-state index >= 15 is 0 Å². The first-order valence-electron chi connectivity index (χ1n) is 5.57. The number of nitrogens with one attached hydrogen (secondary N) is 1. The third-order valence-electron chi connectivity index (χ3n) is 2.76. The van der Waals surface area contributed by atoms with Crippen molar-refractivity contribution in [2.45, 2.75) is 0 Å². The molecule has 0 atom stereocenters. The third-order valence-corrected chi connectivity index (χ3v) is 2.76. The molecule has 0 aliphatic carbocycles. The van der Waals surface area contributed by atoms with E-state index in [9.17, 15) is 0 Å². The highest BCUT2D eigenvalue weighted by atomic mass is 16.6. The molecule has 6 nitrogen and oxygen atoms in total. The largest absolute Gasteiger partial charge is 0.492 e. The molecule has 18 heavy (non-hydrogen) atoms. The van der Waals surface area contributed by atoms with Crippen LogP contribution in [0.4, 0.5) is 5.82 Å². The molecule has 6 heteroatoms. The molecule has 0 radical (unpaired) electrons. The zero-order valence-electron chi connectivity index (χ0n) is 9.90. The molecule has 94 valence electrons. The van der Waals surface area contributed by atoms with Gasteiger partial charge in [0.25, 0.3) is 0 Å². The molecule has 2 aromatic rings. The number of benzene rings is 1. The zero-order chi connectivity index (χ0) is 12.5. The lowest BCUT2D eigenvalue weighted by molar-refractivity contribution is 0.165. The van der Waals surface area contributed by atoms with Crippen molar-refractivity contribution < 1.29 is 14.2 Å². The van der Waals surface area contributed by atoms with Crippen LogP contribution in [0.5, 0.6) is 17.2 Å². The Labute approximate surface area is 104 Å². The summed E-state index contributed by atoms with van der Waals surface area (Å²) in [5.74, 6) is 2.36. The summed E-state index contributed by atoms with van der Waals surface area (Å²) in [6.45, 7) is 1.06. The molecular weight excluding hydrogens is 234 g/mol. The molecule has 0 bridgehead atoms. The van der Waals surface area contributed by atoms with Gasteiger partial charge in [0.05, 0.1) is 12.8 Å². The van der Waals surface area contributed by atoms with Gasteiger partial charge in [0, 0.05) is 11.6 Å². The van der Waals surface area contributed by atoms with E-state index in [1.54, 1.807) is 13.2 Å². The van der Waals surface area contributed by atoms with Crippen LogP contribution in [0.1, 0.15) is 0 Å². The average molecular weight is 247 g/mol. The van der Waals surface area contributed by atoms with Crippen LogP contribution in [-0.2, 0) is 0 Å². The molecule has 0 fully saturated rings. The van der Waals surface area contributed by atoms with Crippen LogP contribution in [0.3, 0.4) is 0 Å². The number of H-pyrrole nitrogens is 1. The molecule has 3 N–H and O–H groups in total. The number of nitrogen functional groups attached to an aromatic ring is 1. The Bertz CT molecular complexity index is 580. The fourth-order valence-corrected chi connectivity index (χ4v) is 1.98. The number of hydrogen-bond acceptors (Lipinski definition) is 5. The summed E-state index contributed by atoms with van der Waals surface area (Å²) >= 11 is 0. The minimum atomic E-state index is 0.432. The summed E-state index contributed by atoms with van der Waals surface area (Å²) < 4.78 is 16.5. The number of hydrogen-bond donors (Lipinski definition) is 2. The SMILES string of the molecule is COc1c(-c2cc(N)n[nH]2)ccc2c1OCCO2. The Kier molecular flexibility index (Phi) is 2.47. The molecular formula is C12H13N3O3. The topological polar surface area (TPSA) is 82.4 Å². The number of aromatic amines is 1. The average Bonchev–Trinajstić information content (AvgIpc) is 2.84. The quantitative estimate of drug-likeness (QED) is 0.839. The van der Waals surface area contributed by atoms with Gasteiger partial charge in [-0.1, -0.05) is 0 Å². The van der Waals surface area contributed by atoms with Crippen LogP contribution in [0.25, 0.3) is 11.3 Å². The standard InChI is InChI=1S/C12H13N3O3/c1-16-11-7(8-6-10(13)15-14-8)2-3-9-12(11)18-5-4-17-9/h2-3,6H,4-5H2,1H3,(H3,13,14,15). The van der Waals surface area contributed by atoms with Crippen molar-refractivity contribution in [2.75, 3.05) is 26.1 Å². The van der Waals surface area contributed by atoms with Gasteiger partial charge in [-0.3, -0.25) is 5.10 Å². The molecule has 0 saturated carbocycles. The maximum absolute atomic E-state index is 5.61. The number of nitrogens with two attached hydrogens (primary N) is 1. The fraction of sp³-hybridized carbons (Fsp3) is 0.250. The molecule has 2 heterocycles. The minimum absolute atomic E-state index is 0.432. The summed E-state index contributed by atoms with van der Waals surface area (Å²) in [5.41, 5.74) is 7.22. The zero-order valence-corrected chi connectivity index (χ0v) is 9.90. The first kappa shape index (κ1) is 10.8. The molecule has 0 amide bonds. The van der Waals surface area contributed by atoms with Crippen molar-refractivity contribution in [3.63, 3.8) is 0 Å². The van der Waals surface area contributed by atoms with Gasteiger partial charge in [0.1, 0.15) is 19.0 Å². The van der Waals surface area contributed by atoms with Crippen LogP contribution in [-0.4, -0.2) is 30.5 Å². The molecule has 0 spiro atoms. The Morgan fingerprint density at radius 1 is 1.33 bits per heavy atom. The Hall–Kier alpha value is -2.37. The van der Waals surface area contributed by atoms with E-state index < -0.39 is 0 Å². The van der Waals surface area contributed by atoms with E-state index in [0.29, 0.717) is 36.3 Å². The van der Waals surface area contributed by atoms with Crippen LogP contribution >= 0.6 is 0 Å². The summed E-state index contributed by atoms with van der Waals surface area (Å²) in [7, 11) is 1.59. The predicted octanol–water partition coefficient (Wildman–Crippen LogP) is 1.44. The van der Waals surface area contributed by atoms with Crippen molar-refractivity contribution >= 4 is 5.82 Å². The first-order valence-corrected chi connectivity index (χ1v) is 5.57. The molecule has 0 saturated heterocycles. The number of nitrogens with zero attached hydrogens (tertiary/aromatic N) is 1. The van der Waals surface area contributed by atoms with Crippen molar-refractivity contribution in [1.29, 1.82) is 0 Å². The Morgan fingerprint density at radius 3 is 2.89 bits per heavy atom. The number of anilines is 1. The van der Waals surface area contributed by atoms with Gasteiger partial charge in [-0.05, 0) is 12.1 Å². The summed E-state index contributed by atoms with van der Waals surface area (Å²) in [6, 6.07) is 5.48. The monoisotopic (exact) mass is 247 g/mol. The van der Waals surface area contributed by atoms with Gasteiger partial charge >= 0.3 is 0 Å². The van der Waals surface area contributed by atoms with E-state index in [1.165, 1.54) is 0 Å². The first-order chi connectivity index (χ1) is 8.79. The second-order valence-electron chi connectivity index (χ2n) is 3.88. The highest BCUT2D eigenvalue weighted by Crippen LogP contribution is 2.45. The van der Waals surface area contributed by atoms with Crippen LogP contribution < -0.4 is 19.9 Å². The van der Waals surface area contributed by atoms with Crippen molar-refractivity contribution in [1.82, 2.24) is 10.2 Å². The number of fused-ring (bicyclic) bond motifs is 1. The van der Waals surface area contributed by atoms with E-state index in [0.717, 1.165) is 11.3 Å². The van der Waals surface area contributed by atoms with E-state index in [2.05, 4.69) is 10.2 Å². The Morgan fingerprint density at radius 2 is 2.17 bits per heavy atom. The maximum atomic E-state index is 5.61. The lowest BCUT2D eigenvalue weighted by Gasteiger charge is -2.21. The van der Waals surface area contributed by atoms with Gasteiger partial charge in [0.15, 0.2) is 11.5 Å². The third kappa shape index (κ3) is 1.62. The van der Waals surface area contributed by atoms with Crippen LogP contribution in [0.15, 0.2) is 18.2 Å². The number of ether oxygens (including phenoxy) is 3. The predicted molar refractivity (Wildman–Crippen MR) is 66.0 cm³/mol. The normalized spacial score (nSPS) is 13.4. The fourth-order valence-electron chi connectivity index (χ4n) is 1.98. The molecule has 0 unspecified atom stereocenters. The van der Waals surface area contributed by atoms with Crippen molar-refractivity contribution in [2.24, 2.45) is 0 Å². The van der Waals surface area contributed by atoms with Crippen LogP contribution in [0, 0.1) is 0 Å².